The van der Waals surface area contributed by atoms with Gasteiger partial charge in [0.1, 0.15) is 5.82 Å². The van der Waals surface area contributed by atoms with E-state index < -0.39 is 0 Å². The topological polar surface area (TPSA) is 54.2 Å². The van der Waals surface area contributed by atoms with Crippen LogP contribution in [0.2, 0.25) is 0 Å². The number of aromatic nitrogens is 1. The summed E-state index contributed by atoms with van der Waals surface area (Å²) in [5, 5.41) is 4.54. The first-order valence-electron chi connectivity index (χ1n) is 5.95. The molecule has 1 aromatic heterocycles. The maximum Gasteiger partial charge on any atom is 0.126 e. The van der Waals surface area contributed by atoms with E-state index in [9.17, 15) is 0 Å². The molecular formula is C13H16N4. The van der Waals surface area contributed by atoms with E-state index in [-0.39, 0.29) is 0 Å². The van der Waals surface area contributed by atoms with Crippen LogP contribution in [0.15, 0.2) is 30.3 Å². The number of hydrogen-bond acceptors (Lipinski definition) is 4. The molecule has 0 amide bonds. The molecule has 0 radical (unpaired) electrons. The fourth-order valence-electron chi connectivity index (χ4n) is 2.34. The van der Waals surface area contributed by atoms with E-state index in [1.54, 1.807) is 0 Å². The van der Waals surface area contributed by atoms with Crippen LogP contribution in [0.4, 0.5) is 11.5 Å². The van der Waals surface area contributed by atoms with Crippen LogP contribution in [0.25, 0.3) is 10.9 Å². The Balaban J connectivity index is 2.13. The van der Waals surface area contributed by atoms with E-state index >= 15 is 0 Å². The number of hydrogen-bond donors (Lipinski definition) is 2. The zero-order valence-electron chi connectivity index (χ0n) is 9.69. The Hall–Kier alpha value is -1.81. The number of benzene rings is 1. The quantitative estimate of drug-likeness (QED) is 0.770. The molecule has 2 heterocycles. The van der Waals surface area contributed by atoms with Crippen molar-refractivity contribution >= 4 is 22.4 Å². The summed E-state index contributed by atoms with van der Waals surface area (Å²) in [6.07, 6.45) is 0. The molecule has 88 valence electrons. The normalized spacial score (nSPS) is 16.4. The summed E-state index contributed by atoms with van der Waals surface area (Å²) in [5.74, 6) is 0.595. The van der Waals surface area contributed by atoms with E-state index in [0.29, 0.717) is 5.82 Å². The number of nitrogen functional groups attached to an aromatic ring is 1. The third-order valence-electron chi connectivity index (χ3n) is 3.17. The Kier molecular flexibility index (Phi) is 2.57. The van der Waals surface area contributed by atoms with E-state index in [0.717, 1.165) is 31.7 Å². The third-order valence-corrected chi connectivity index (χ3v) is 3.17. The van der Waals surface area contributed by atoms with Gasteiger partial charge in [-0.05, 0) is 6.07 Å². The minimum atomic E-state index is 0.595. The van der Waals surface area contributed by atoms with Gasteiger partial charge in [0.15, 0.2) is 0 Å². The van der Waals surface area contributed by atoms with E-state index in [1.807, 2.05) is 24.3 Å². The smallest absolute Gasteiger partial charge is 0.126 e. The molecule has 0 bridgehead atoms. The summed E-state index contributed by atoms with van der Waals surface area (Å²) in [7, 11) is 0. The first-order chi connectivity index (χ1) is 8.34. The van der Waals surface area contributed by atoms with Gasteiger partial charge in [-0.2, -0.15) is 0 Å². The van der Waals surface area contributed by atoms with Crippen molar-refractivity contribution in [1.82, 2.24) is 10.3 Å². The SMILES string of the molecule is Nc1cc(N2CCNCC2)c2ccccc2n1. The van der Waals surface area contributed by atoms with Crippen LogP contribution in [-0.4, -0.2) is 31.2 Å². The standard InChI is InChI=1S/C13H16N4/c14-13-9-12(17-7-5-15-6-8-17)10-3-1-2-4-11(10)16-13/h1-4,9,15H,5-8H2,(H2,14,16). The monoisotopic (exact) mass is 228 g/mol. The van der Waals surface area contributed by atoms with Gasteiger partial charge in [0.2, 0.25) is 0 Å². The fourth-order valence-corrected chi connectivity index (χ4v) is 2.34. The highest BCUT2D eigenvalue weighted by Gasteiger charge is 2.14. The number of nitrogens with one attached hydrogen (secondary N) is 1. The summed E-state index contributed by atoms with van der Waals surface area (Å²) in [5.41, 5.74) is 8.05. The van der Waals surface area contributed by atoms with Crippen molar-refractivity contribution in [1.29, 1.82) is 0 Å². The molecule has 0 saturated carbocycles. The molecule has 1 fully saturated rings. The molecule has 4 heteroatoms. The Labute approximate surface area is 100 Å². The number of fused-ring (bicyclic) bond motifs is 1. The van der Waals surface area contributed by atoms with Crippen LogP contribution in [0, 0.1) is 0 Å². The van der Waals surface area contributed by atoms with Crippen molar-refractivity contribution in [3.8, 4) is 0 Å². The number of nitrogens with zero attached hydrogens (tertiary/aromatic N) is 2. The minimum absolute atomic E-state index is 0.595. The van der Waals surface area contributed by atoms with E-state index in [4.69, 9.17) is 5.73 Å². The van der Waals surface area contributed by atoms with Gasteiger partial charge in [0, 0.05) is 43.3 Å². The summed E-state index contributed by atoms with van der Waals surface area (Å²) in [6.45, 7) is 4.09. The van der Waals surface area contributed by atoms with Crippen molar-refractivity contribution in [2.45, 2.75) is 0 Å². The minimum Gasteiger partial charge on any atom is -0.384 e. The molecule has 0 spiro atoms. The summed E-state index contributed by atoms with van der Waals surface area (Å²) in [4.78, 5) is 6.74. The van der Waals surface area contributed by atoms with Crippen LogP contribution < -0.4 is 16.0 Å². The maximum absolute atomic E-state index is 5.88. The number of pyridine rings is 1. The van der Waals surface area contributed by atoms with Gasteiger partial charge in [-0.15, -0.1) is 0 Å². The van der Waals surface area contributed by atoms with Crippen LogP contribution >= 0.6 is 0 Å². The maximum atomic E-state index is 5.88. The number of piperazine rings is 1. The molecule has 0 aliphatic carbocycles. The summed E-state index contributed by atoms with van der Waals surface area (Å²) < 4.78 is 0. The Morgan fingerprint density at radius 3 is 2.76 bits per heavy atom. The van der Waals surface area contributed by atoms with Gasteiger partial charge in [-0.25, -0.2) is 4.98 Å². The lowest BCUT2D eigenvalue weighted by molar-refractivity contribution is 0.590. The fraction of sp³-hybridized carbons (Fsp3) is 0.308. The Morgan fingerprint density at radius 1 is 1.18 bits per heavy atom. The van der Waals surface area contributed by atoms with Crippen LogP contribution in [0.1, 0.15) is 0 Å². The molecule has 2 aromatic rings. The van der Waals surface area contributed by atoms with Crippen molar-refractivity contribution in [2.75, 3.05) is 36.8 Å². The van der Waals surface area contributed by atoms with Gasteiger partial charge in [0.05, 0.1) is 5.52 Å². The molecule has 1 aromatic carbocycles. The Morgan fingerprint density at radius 2 is 1.94 bits per heavy atom. The molecule has 3 rings (SSSR count). The second-order valence-corrected chi connectivity index (χ2v) is 4.32. The van der Waals surface area contributed by atoms with E-state index in [1.165, 1.54) is 11.1 Å². The van der Waals surface area contributed by atoms with Crippen molar-refractivity contribution in [2.24, 2.45) is 0 Å². The molecular weight excluding hydrogens is 212 g/mol. The Bertz CT molecular complexity index is 532. The molecule has 3 N–H and O–H groups in total. The number of anilines is 2. The zero-order valence-corrected chi connectivity index (χ0v) is 9.69. The molecule has 1 aliphatic rings. The van der Waals surface area contributed by atoms with Crippen molar-refractivity contribution < 1.29 is 0 Å². The van der Waals surface area contributed by atoms with Gasteiger partial charge in [0.25, 0.3) is 0 Å². The number of rotatable bonds is 1. The highest BCUT2D eigenvalue weighted by atomic mass is 15.2. The number of para-hydroxylation sites is 1. The molecule has 0 unspecified atom stereocenters. The van der Waals surface area contributed by atoms with E-state index in [2.05, 4.69) is 21.3 Å². The number of nitrogens with two attached hydrogens (primary N) is 1. The van der Waals surface area contributed by atoms with Crippen LogP contribution in [0.3, 0.4) is 0 Å². The second-order valence-electron chi connectivity index (χ2n) is 4.32. The highest BCUT2D eigenvalue weighted by Crippen LogP contribution is 2.27. The molecule has 4 nitrogen and oxygen atoms in total. The predicted molar refractivity (Wildman–Crippen MR) is 71.2 cm³/mol. The van der Waals surface area contributed by atoms with Gasteiger partial charge in [-0.1, -0.05) is 18.2 Å². The highest BCUT2D eigenvalue weighted by molar-refractivity contribution is 5.93. The predicted octanol–water partition coefficient (Wildman–Crippen LogP) is 1.23. The zero-order chi connectivity index (χ0) is 11.7. The van der Waals surface area contributed by atoms with Gasteiger partial charge >= 0.3 is 0 Å². The largest absolute Gasteiger partial charge is 0.384 e. The van der Waals surface area contributed by atoms with Crippen LogP contribution in [-0.2, 0) is 0 Å². The average Bonchev–Trinajstić information content (AvgIpc) is 2.39. The lowest BCUT2D eigenvalue weighted by Crippen LogP contribution is -2.43. The van der Waals surface area contributed by atoms with Gasteiger partial charge in [-0.3, -0.25) is 0 Å². The van der Waals surface area contributed by atoms with Crippen LogP contribution in [0.5, 0.6) is 0 Å². The van der Waals surface area contributed by atoms with Crippen molar-refractivity contribution in [3.05, 3.63) is 30.3 Å². The third kappa shape index (κ3) is 1.91. The first kappa shape index (κ1) is 10.4. The first-order valence-corrected chi connectivity index (χ1v) is 5.95. The molecule has 17 heavy (non-hydrogen) atoms. The van der Waals surface area contributed by atoms with Crippen molar-refractivity contribution in [3.63, 3.8) is 0 Å². The molecule has 1 saturated heterocycles. The molecule has 0 atom stereocenters. The summed E-state index contributed by atoms with van der Waals surface area (Å²) in [6, 6.07) is 10.1. The summed E-state index contributed by atoms with van der Waals surface area (Å²) >= 11 is 0. The second kappa shape index (κ2) is 4.22. The molecule has 1 aliphatic heterocycles. The lowest BCUT2D eigenvalue weighted by Gasteiger charge is -2.30. The van der Waals surface area contributed by atoms with Gasteiger partial charge < -0.3 is 16.0 Å². The average molecular weight is 228 g/mol. The lowest BCUT2D eigenvalue weighted by atomic mass is 10.1.